The van der Waals surface area contributed by atoms with Gasteiger partial charge in [0.15, 0.2) is 12.6 Å². The second kappa shape index (κ2) is 4.41. The summed E-state index contributed by atoms with van der Waals surface area (Å²) in [6, 6.07) is -2.32. The first-order valence-electron chi connectivity index (χ1n) is 2.97. The molecule has 0 saturated carbocycles. The van der Waals surface area contributed by atoms with E-state index in [0.717, 1.165) is 0 Å². The van der Waals surface area contributed by atoms with Crippen LogP contribution in [-0.4, -0.2) is 30.0 Å². The molecule has 0 saturated heterocycles. The molecule has 6 nitrogen and oxygen atoms in total. The third kappa shape index (κ3) is 4.75. The highest BCUT2D eigenvalue weighted by molar-refractivity contribution is 5.65. The number of nitrogens with one attached hydrogen (secondary N) is 2. The van der Waals surface area contributed by atoms with E-state index >= 15 is 0 Å². The molecule has 1 atom stereocenters. The number of rotatable bonds is 3. The third-order valence-electron chi connectivity index (χ3n) is 1.03. The van der Waals surface area contributed by atoms with Gasteiger partial charge in [-0.3, -0.25) is 0 Å². The van der Waals surface area contributed by atoms with Gasteiger partial charge in [0.2, 0.25) is 4.91 Å². The summed E-state index contributed by atoms with van der Waals surface area (Å²) in [4.78, 5) is 12.2. The predicted molar refractivity (Wildman–Crippen MR) is 33.2 cm³/mol. The quantitative estimate of drug-likeness (QED) is 0.461. The fourth-order valence-electron chi connectivity index (χ4n) is 0.503. The first-order valence-corrected chi connectivity index (χ1v) is 2.97. The van der Waals surface area contributed by atoms with Crippen molar-refractivity contribution < 1.29 is 23.1 Å². The van der Waals surface area contributed by atoms with Crippen LogP contribution >= 0.6 is 0 Å². The van der Waals surface area contributed by atoms with Gasteiger partial charge in [0, 0.05) is 0 Å². The molecule has 0 aromatic rings. The first-order chi connectivity index (χ1) is 5.88. The molecule has 1 unspecified atom stereocenters. The summed E-state index contributed by atoms with van der Waals surface area (Å²) in [6.45, 7) is -0.931. The van der Waals surface area contributed by atoms with Crippen LogP contribution in [0.15, 0.2) is 5.11 Å². The van der Waals surface area contributed by atoms with Crippen molar-refractivity contribution in [3.63, 3.8) is 0 Å². The summed E-state index contributed by atoms with van der Waals surface area (Å²) in [5, 5.41) is 12.0. The molecule has 0 radical (unpaired) electrons. The molecule has 0 aliphatic heterocycles. The maximum Gasteiger partial charge on any atom is 0.410 e. The van der Waals surface area contributed by atoms with E-state index in [0.29, 0.717) is 0 Å². The van der Waals surface area contributed by atoms with Crippen LogP contribution in [0.4, 0.5) is 18.0 Å². The number of nitrogens with zero attached hydrogens (tertiary/aromatic N) is 2. The maximum atomic E-state index is 11.9. The highest BCUT2D eigenvalue weighted by Gasteiger charge is 2.41. The van der Waals surface area contributed by atoms with Crippen molar-refractivity contribution in [3.05, 3.63) is 0 Å². The van der Waals surface area contributed by atoms with Gasteiger partial charge in [-0.05, 0) is 0 Å². The Balaban J connectivity index is 4.36. The lowest BCUT2D eigenvalue weighted by atomic mass is 10.3. The van der Waals surface area contributed by atoms with Crippen LogP contribution in [0.2, 0.25) is 0 Å². The van der Waals surface area contributed by atoms with Crippen LogP contribution in [-0.2, 0) is 0 Å². The molecule has 3 N–H and O–H groups in total. The molecule has 0 spiro atoms. The van der Waals surface area contributed by atoms with E-state index in [1.807, 2.05) is 0 Å². The Hall–Kier alpha value is -1.63. The third-order valence-corrected chi connectivity index (χ3v) is 1.03. The minimum absolute atomic E-state index is 0.931. The van der Waals surface area contributed by atoms with Gasteiger partial charge in [-0.1, -0.05) is 0 Å². The van der Waals surface area contributed by atoms with Gasteiger partial charge in [0.05, 0.1) is 0 Å². The van der Waals surface area contributed by atoms with Crippen molar-refractivity contribution in [1.82, 2.24) is 10.2 Å². The Morgan fingerprint density at radius 2 is 2.23 bits per heavy atom. The molecular formula is C4H6F3N4O2+. The Labute approximate surface area is 70.0 Å². The Morgan fingerprint density at radius 3 is 2.54 bits per heavy atom. The SMILES string of the molecule is N=[N+]=NCC(NC(=O)O)C(F)(F)F. The van der Waals surface area contributed by atoms with E-state index in [-0.39, 0.29) is 0 Å². The van der Waals surface area contributed by atoms with Crippen molar-refractivity contribution in [2.24, 2.45) is 5.11 Å². The molecular weight excluding hydrogens is 193 g/mol. The van der Waals surface area contributed by atoms with Gasteiger partial charge in [-0.2, -0.15) is 13.2 Å². The Kier molecular flexibility index (Phi) is 3.86. The predicted octanol–water partition coefficient (Wildman–Crippen LogP) is 0.735. The van der Waals surface area contributed by atoms with Crippen molar-refractivity contribution >= 4 is 6.09 Å². The fraction of sp³-hybridized carbons (Fsp3) is 0.750. The van der Waals surface area contributed by atoms with E-state index in [4.69, 9.17) is 10.6 Å². The molecule has 0 aromatic carbocycles. The van der Waals surface area contributed by atoms with Gasteiger partial charge in [-0.25, -0.2) is 4.79 Å². The molecule has 74 valence electrons. The maximum absolute atomic E-state index is 11.9. The number of hydrogen-bond donors (Lipinski definition) is 3. The molecule has 9 heteroatoms. The minimum Gasteiger partial charge on any atom is -0.465 e. The lowest BCUT2D eigenvalue weighted by molar-refractivity contribution is -0.151. The molecule has 1 amide bonds. The van der Waals surface area contributed by atoms with Gasteiger partial charge in [-0.15, -0.1) is 0 Å². The standard InChI is InChI=1S/C4H5F3N4O2/c5-4(6,7)2(1-9-11-8)10-3(12)13/h2,8,10H,1H2/p+1. The lowest BCUT2D eigenvalue weighted by Gasteiger charge is -2.15. The summed E-state index contributed by atoms with van der Waals surface area (Å²) < 4.78 is 35.7. The van der Waals surface area contributed by atoms with Gasteiger partial charge in [0.25, 0.3) is 0 Å². The molecule has 0 aliphatic carbocycles. The van der Waals surface area contributed by atoms with Gasteiger partial charge in [0.1, 0.15) is 10.6 Å². The highest BCUT2D eigenvalue weighted by Crippen LogP contribution is 2.20. The summed E-state index contributed by atoms with van der Waals surface area (Å²) in [5.74, 6) is 0. The van der Waals surface area contributed by atoms with E-state index in [1.165, 1.54) is 5.32 Å². The van der Waals surface area contributed by atoms with Gasteiger partial charge >= 0.3 is 12.3 Å². The monoisotopic (exact) mass is 199 g/mol. The molecule has 13 heavy (non-hydrogen) atoms. The smallest absolute Gasteiger partial charge is 0.410 e. The minimum atomic E-state index is -4.73. The zero-order valence-electron chi connectivity index (χ0n) is 6.17. The van der Waals surface area contributed by atoms with Crippen molar-refractivity contribution in [2.75, 3.05) is 6.54 Å². The van der Waals surface area contributed by atoms with Crippen LogP contribution < -0.4 is 10.2 Å². The molecule has 0 aliphatic rings. The van der Waals surface area contributed by atoms with E-state index < -0.39 is 24.9 Å². The number of amides is 1. The van der Waals surface area contributed by atoms with Crippen LogP contribution in [0.5, 0.6) is 0 Å². The van der Waals surface area contributed by atoms with Crippen LogP contribution in [0.3, 0.4) is 0 Å². The molecule has 0 rings (SSSR count). The molecule has 0 heterocycles. The lowest BCUT2D eigenvalue weighted by Crippen LogP contribution is -2.46. The molecule has 0 aromatic heterocycles. The molecule has 0 fully saturated rings. The van der Waals surface area contributed by atoms with Crippen molar-refractivity contribution in [1.29, 1.82) is 5.53 Å². The second-order valence-corrected chi connectivity index (χ2v) is 1.97. The number of halogens is 3. The van der Waals surface area contributed by atoms with Crippen LogP contribution in [0.1, 0.15) is 0 Å². The fourth-order valence-corrected chi connectivity index (χ4v) is 0.503. The normalized spacial score (nSPS) is 12.8. The number of carboxylic acid groups (broad SMARTS) is 1. The average Bonchev–Trinajstić information content (AvgIpc) is 1.95. The zero-order valence-corrected chi connectivity index (χ0v) is 6.17. The summed E-state index contributed by atoms with van der Waals surface area (Å²) in [5.41, 5.74) is 6.10. The summed E-state index contributed by atoms with van der Waals surface area (Å²) in [7, 11) is 0. The highest BCUT2D eigenvalue weighted by atomic mass is 19.4. The van der Waals surface area contributed by atoms with Crippen LogP contribution in [0.25, 0.3) is 0 Å². The number of carbonyl (C=O) groups is 1. The summed E-state index contributed by atoms with van der Waals surface area (Å²) in [6.07, 6.45) is -6.53. The first kappa shape index (κ1) is 11.4. The van der Waals surface area contributed by atoms with Gasteiger partial charge < -0.3 is 10.4 Å². The van der Waals surface area contributed by atoms with Crippen LogP contribution in [0, 0.1) is 5.53 Å². The Bertz CT molecular complexity index is 230. The zero-order chi connectivity index (χ0) is 10.5. The van der Waals surface area contributed by atoms with E-state index in [9.17, 15) is 18.0 Å². The van der Waals surface area contributed by atoms with E-state index in [1.54, 1.807) is 0 Å². The molecule has 0 bridgehead atoms. The van der Waals surface area contributed by atoms with Crippen molar-refractivity contribution in [2.45, 2.75) is 12.2 Å². The topological polar surface area (TPSA) is 99.6 Å². The number of hydrogen-bond acceptors (Lipinski definition) is 3. The second-order valence-electron chi connectivity index (χ2n) is 1.97. The largest absolute Gasteiger partial charge is 0.465 e. The van der Waals surface area contributed by atoms with E-state index in [2.05, 4.69) is 10.0 Å². The number of alkyl halides is 3. The Morgan fingerprint density at radius 1 is 1.69 bits per heavy atom. The van der Waals surface area contributed by atoms with Crippen molar-refractivity contribution in [3.8, 4) is 0 Å². The summed E-state index contributed by atoms with van der Waals surface area (Å²) >= 11 is 0. The average molecular weight is 199 g/mol.